The van der Waals surface area contributed by atoms with E-state index in [-0.39, 0.29) is 23.5 Å². The number of thiazole rings is 1. The summed E-state index contributed by atoms with van der Waals surface area (Å²) in [7, 11) is 0. The number of carbonyl (C=O) groups excluding carboxylic acids is 2. The van der Waals surface area contributed by atoms with Crippen LogP contribution in [0.3, 0.4) is 0 Å². The van der Waals surface area contributed by atoms with E-state index in [1.54, 1.807) is 34.5 Å². The van der Waals surface area contributed by atoms with Gasteiger partial charge in [-0.1, -0.05) is 18.2 Å². The number of rotatable bonds is 6. The zero-order valence-corrected chi connectivity index (χ0v) is 17.9. The molecule has 4 rings (SSSR count). The topological polar surface area (TPSA) is 71.5 Å². The van der Waals surface area contributed by atoms with E-state index in [2.05, 4.69) is 15.0 Å². The van der Waals surface area contributed by atoms with Gasteiger partial charge in [-0.3, -0.25) is 9.59 Å². The van der Waals surface area contributed by atoms with E-state index in [0.29, 0.717) is 40.8 Å². The minimum atomic E-state index is -2.94. The number of halogens is 2. The van der Waals surface area contributed by atoms with E-state index in [0.717, 1.165) is 6.42 Å². The molecule has 31 heavy (non-hydrogen) atoms. The molecule has 1 fully saturated rings. The van der Waals surface area contributed by atoms with Gasteiger partial charge in [0.05, 0.1) is 16.5 Å². The van der Waals surface area contributed by atoms with Crippen LogP contribution in [0.2, 0.25) is 0 Å². The number of likely N-dealkylation sites (tertiary alicyclic amines) is 1. The molecule has 0 radical (unpaired) electrons. The number of alkyl halides is 2. The zero-order chi connectivity index (χ0) is 21.8. The first kappa shape index (κ1) is 21.4. The van der Waals surface area contributed by atoms with E-state index < -0.39 is 6.61 Å². The van der Waals surface area contributed by atoms with Crippen molar-refractivity contribution in [2.45, 2.75) is 19.5 Å². The van der Waals surface area contributed by atoms with Gasteiger partial charge in [0.15, 0.2) is 5.13 Å². The second-order valence-electron chi connectivity index (χ2n) is 6.97. The number of para-hydroxylation sites is 1. The molecule has 1 aromatic carbocycles. The van der Waals surface area contributed by atoms with Crippen molar-refractivity contribution in [2.75, 3.05) is 18.4 Å². The monoisotopic (exact) mass is 463 g/mol. The van der Waals surface area contributed by atoms with Crippen molar-refractivity contribution in [3.63, 3.8) is 0 Å². The Labute approximate surface area is 185 Å². The molecule has 2 aromatic heterocycles. The second-order valence-corrected chi connectivity index (χ2v) is 8.78. The van der Waals surface area contributed by atoms with Gasteiger partial charge < -0.3 is 15.0 Å². The molecular formula is C21H19F2N3O3S2. The lowest BCUT2D eigenvalue weighted by Gasteiger charge is -2.31. The van der Waals surface area contributed by atoms with Crippen LogP contribution in [0, 0.1) is 5.92 Å². The number of carbonyl (C=O) groups is 2. The maximum Gasteiger partial charge on any atom is 0.387 e. The number of hydrogen-bond donors (Lipinski definition) is 1. The normalized spacial score (nSPS) is 16.4. The van der Waals surface area contributed by atoms with Crippen LogP contribution in [0.1, 0.15) is 22.5 Å². The molecule has 0 spiro atoms. The molecule has 1 aliphatic heterocycles. The fraction of sp³-hybridized carbons (Fsp3) is 0.286. The highest BCUT2D eigenvalue weighted by atomic mass is 32.1. The number of anilines is 1. The Morgan fingerprint density at radius 1 is 1.19 bits per heavy atom. The molecule has 3 heterocycles. The molecule has 0 bridgehead atoms. The van der Waals surface area contributed by atoms with E-state index in [9.17, 15) is 18.4 Å². The maximum atomic E-state index is 12.8. The minimum absolute atomic E-state index is 0.0238. The molecule has 1 saturated heterocycles. The standard InChI is InChI=1S/C21H19F2N3O3S2/c22-20(23)29-16-7-2-1-6-14(16)15-12-31-21(24-15)25-18(27)13-5-3-9-26(11-13)19(28)17-8-4-10-30-17/h1-2,4,6-8,10,12-13,20H,3,5,9,11H2,(H,24,25,27). The summed E-state index contributed by atoms with van der Waals surface area (Å²) in [6, 6.07) is 9.99. The number of ether oxygens (including phenoxy) is 1. The molecule has 162 valence electrons. The van der Waals surface area contributed by atoms with Gasteiger partial charge in [-0.15, -0.1) is 22.7 Å². The van der Waals surface area contributed by atoms with Gasteiger partial charge >= 0.3 is 6.61 Å². The van der Waals surface area contributed by atoms with E-state index in [4.69, 9.17) is 0 Å². The first-order chi connectivity index (χ1) is 15.0. The highest BCUT2D eigenvalue weighted by Crippen LogP contribution is 2.33. The molecule has 0 aliphatic carbocycles. The Kier molecular flexibility index (Phi) is 6.57. The minimum Gasteiger partial charge on any atom is -0.434 e. The number of amides is 2. The molecule has 2 amide bonds. The highest BCUT2D eigenvalue weighted by Gasteiger charge is 2.29. The van der Waals surface area contributed by atoms with Crippen LogP contribution in [0.15, 0.2) is 47.2 Å². The van der Waals surface area contributed by atoms with Crippen LogP contribution in [0.25, 0.3) is 11.3 Å². The lowest BCUT2D eigenvalue weighted by atomic mass is 9.97. The van der Waals surface area contributed by atoms with Gasteiger partial charge in [-0.05, 0) is 36.4 Å². The van der Waals surface area contributed by atoms with Crippen molar-refractivity contribution in [3.05, 3.63) is 52.0 Å². The van der Waals surface area contributed by atoms with Gasteiger partial charge in [-0.25, -0.2) is 4.98 Å². The van der Waals surface area contributed by atoms with Gasteiger partial charge in [0.1, 0.15) is 5.75 Å². The number of aromatic nitrogens is 1. The number of hydrogen-bond acceptors (Lipinski definition) is 6. The summed E-state index contributed by atoms with van der Waals surface area (Å²) in [5, 5.41) is 6.70. The Hall–Kier alpha value is -2.85. The lowest BCUT2D eigenvalue weighted by molar-refractivity contribution is -0.121. The van der Waals surface area contributed by atoms with Crippen LogP contribution >= 0.6 is 22.7 Å². The molecule has 0 saturated carbocycles. The van der Waals surface area contributed by atoms with Crippen molar-refractivity contribution >= 4 is 39.6 Å². The number of piperidine rings is 1. The number of nitrogens with one attached hydrogen (secondary N) is 1. The molecule has 3 aromatic rings. The number of nitrogens with zero attached hydrogens (tertiary/aromatic N) is 2. The third-order valence-electron chi connectivity index (χ3n) is 4.92. The largest absolute Gasteiger partial charge is 0.434 e. The van der Waals surface area contributed by atoms with E-state index >= 15 is 0 Å². The summed E-state index contributed by atoms with van der Waals surface area (Å²) in [4.78, 5) is 32.1. The van der Waals surface area contributed by atoms with Crippen LogP contribution in [0.5, 0.6) is 5.75 Å². The number of benzene rings is 1. The predicted octanol–water partition coefficient (Wildman–Crippen LogP) is 4.96. The highest BCUT2D eigenvalue weighted by molar-refractivity contribution is 7.14. The molecule has 1 aliphatic rings. The molecule has 1 N–H and O–H groups in total. The van der Waals surface area contributed by atoms with Crippen molar-refractivity contribution in [2.24, 2.45) is 5.92 Å². The van der Waals surface area contributed by atoms with Gasteiger partial charge in [0.25, 0.3) is 5.91 Å². The first-order valence-electron chi connectivity index (χ1n) is 9.64. The number of thiophene rings is 1. The molecule has 1 atom stereocenters. The Bertz CT molecular complexity index is 1060. The lowest BCUT2D eigenvalue weighted by Crippen LogP contribution is -2.43. The molecule has 1 unspecified atom stereocenters. The SMILES string of the molecule is O=C(Nc1nc(-c2ccccc2OC(F)F)cs1)C1CCCN(C(=O)c2cccs2)C1. The summed E-state index contributed by atoms with van der Waals surface area (Å²) in [5.41, 5.74) is 0.861. The maximum absolute atomic E-state index is 12.8. The summed E-state index contributed by atoms with van der Waals surface area (Å²) in [5.74, 6) is -0.573. The van der Waals surface area contributed by atoms with Gasteiger partial charge in [-0.2, -0.15) is 8.78 Å². The van der Waals surface area contributed by atoms with Crippen LogP contribution in [-0.4, -0.2) is 41.4 Å². The van der Waals surface area contributed by atoms with Crippen molar-refractivity contribution in [1.29, 1.82) is 0 Å². The quantitative estimate of drug-likeness (QED) is 0.561. The Morgan fingerprint density at radius 3 is 2.81 bits per heavy atom. The third kappa shape index (κ3) is 5.08. The summed E-state index contributed by atoms with van der Waals surface area (Å²) in [6.45, 7) is -1.96. The fourth-order valence-corrected chi connectivity index (χ4v) is 4.88. The summed E-state index contributed by atoms with van der Waals surface area (Å²) < 4.78 is 29.9. The van der Waals surface area contributed by atoms with Crippen LogP contribution in [0.4, 0.5) is 13.9 Å². The van der Waals surface area contributed by atoms with Crippen LogP contribution in [-0.2, 0) is 4.79 Å². The Balaban J connectivity index is 1.42. The third-order valence-corrected chi connectivity index (χ3v) is 6.54. The second kappa shape index (κ2) is 9.52. The molecular weight excluding hydrogens is 444 g/mol. The van der Waals surface area contributed by atoms with Crippen molar-refractivity contribution in [1.82, 2.24) is 9.88 Å². The molecule has 6 nitrogen and oxygen atoms in total. The fourth-order valence-electron chi connectivity index (χ4n) is 3.47. The van der Waals surface area contributed by atoms with E-state index in [1.807, 2.05) is 11.4 Å². The predicted molar refractivity (Wildman–Crippen MR) is 116 cm³/mol. The van der Waals surface area contributed by atoms with Crippen molar-refractivity contribution < 1.29 is 23.1 Å². The Morgan fingerprint density at radius 2 is 2.03 bits per heavy atom. The van der Waals surface area contributed by atoms with Crippen molar-refractivity contribution in [3.8, 4) is 17.0 Å². The van der Waals surface area contributed by atoms with Crippen LogP contribution < -0.4 is 10.1 Å². The average Bonchev–Trinajstić information content (AvgIpc) is 3.46. The summed E-state index contributed by atoms with van der Waals surface area (Å²) >= 11 is 2.59. The van der Waals surface area contributed by atoms with Gasteiger partial charge in [0, 0.05) is 24.0 Å². The first-order valence-corrected chi connectivity index (χ1v) is 11.4. The van der Waals surface area contributed by atoms with Gasteiger partial charge in [0.2, 0.25) is 5.91 Å². The average molecular weight is 464 g/mol. The smallest absolute Gasteiger partial charge is 0.387 e. The summed E-state index contributed by atoms with van der Waals surface area (Å²) in [6.07, 6.45) is 1.43. The zero-order valence-electron chi connectivity index (χ0n) is 16.3. The van der Waals surface area contributed by atoms with E-state index in [1.165, 1.54) is 28.7 Å². The molecule has 10 heteroatoms.